The van der Waals surface area contributed by atoms with Crippen LogP contribution in [0.1, 0.15) is 52.4 Å². The number of hydrogen-bond donors (Lipinski definition) is 2. The smallest absolute Gasteiger partial charge is 0.155 e. The minimum absolute atomic E-state index is 0.119. The van der Waals surface area contributed by atoms with E-state index in [1.807, 2.05) is 0 Å². The maximum absolute atomic E-state index is 11.8. The largest absolute Gasteiger partial charge is 0.388 e. The first-order chi connectivity index (χ1) is 11.3. The van der Waals surface area contributed by atoms with Crippen LogP contribution in [0, 0.1) is 47.3 Å². The lowest BCUT2D eigenvalue weighted by molar-refractivity contribution is -0.123. The summed E-state index contributed by atoms with van der Waals surface area (Å²) in [6.07, 6.45) is 12.0. The van der Waals surface area contributed by atoms with Gasteiger partial charge in [-0.3, -0.25) is 4.79 Å². The molecule has 3 fully saturated rings. The van der Waals surface area contributed by atoms with Gasteiger partial charge in [-0.25, -0.2) is 0 Å². The molecule has 0 spiro atoms. The molecular formula is C21H28O3. The number of rotatable bonds is 0. The lowest BCUT2D eigenvalue weighted by atomic mass is 9.48. The van der Waals surface area contributed by atoms with Crippen molar-refractivity contribution in [2.45, 2.75) is 64.1 Å². The van der Waals surface area contributed by atoms with E-state index in [1.165, 1.54) is 0 Å². The monoisotopic (exact) mass is 328 g/mol. The second kappa shape index (κ2) is 5.19. The van der Waals surface area contributed by atoms with Crippen molar-refractivity contribution in [1.29, 1.82) is 0 Å². The third-order valence-corrected chi connectivity index (χ3v) is 8.20. The molecule has 24 heavy (non-hydrogen) atoms. The zero-order chi connectivity index (χ0) is 17.3. The van der Waals surface area contributed by atoms with E-state index in [0.29, 0.717) is 36.5 Å². The van der Waals surface area contributed by atoms with Crippen molar-refractivity contribution < 1.29 is 15.0 Å². The van der Waals surface area contributed by atoms with Gasteiger partial charge in [0, 0.05) is 11.8 Å². The zero-order valence-corrected chi connectivity index (χ0v) is 14.7. The number of carbonyl (C=O) groups is 1. The third-order valence-electron chi connectivity index (χ3n) is 8.20. The molecule has 0 saturated heterocycles. The predicted octanol–water partition coefficient (Wildman–Crippen LogP) is 2.71. The van der Waals surface area contributed by atoms with Gasteiger partial charge in [-0.15, -0.1) is 6.42 Å². The summed E-state index contributed by atoms with van der Waals surface area (Å²) in [6, 6.07) is 0. The Hall–Kier alpha value is -1.11. The highest BCUT2D eigenvalue weighted by Crippen LogP contribution is 2.65. The van der Waals surface area contributed by atoms with E-state index in [2.05, 4.69) is 19.8 Å². The van der Waals surface area contributed by atoms with Crippen LogP contribution in [0.4, 0.5) is 0 Å². The first-order valence-corrected chi connectivity index (χ1v) is 9.45. The van der Waals surface area contributed by atoms with Crippen molar-refractivity contribution in [3.05, 3.63) is 11.6 Å². The number of ketones is 1. The van der Waals surface area contributed by atoms with E-state index < -0.39 is 11.7 Å². The van der Waals surface area contributed by atoms with Crippen LogP contribution in [0.25, 0.3) is 0 Å². The number of terminal acetylenes is 1. The molecule has 4 rings (SSSR count). The summed E-state index contributed by atoms with van der Waals surface area (Å²) < 4.78 is 0. The van der Waals surface area contributed by atoms with Gasteiger partial charge < -0.3 is 10.2 Å². The van der Waals surface area contributed by atoms with Gasteiger partial charge in [0.25, 0.3) is 0 Å². The average Bonchev–Trinajstić information content (AvgIpc) is 2.84. The second-order valence-electron chi connectivity index (χ2n) is 8.91. The molecule has 0 aromatic heterocycles. The molecule has 4 aliphatic rings. The van der Waals surface area contributed by atoms with Gasteiger partial charge >= 0.3 is 0 Å². The maximum Gasteiger partial charge on any atom is 0.155 e. The summed E-state index contributed by atoms with van der Waals surface area (Å²) in [5, 5.41) is 21.9. The molecular weight excluding hydrogens is 300 g/mol. The van der Waals surface area contributed by atoms with E-state index in [4.69, 9.17) is 6.42 Å². The molecule has 0 bridgehead atoms. The van der Waals surface area contributed by atoms with Crippen LogP contribution in [0.15, 0.2) is 11.6 Å². The molecule has 3 heteroatoms. The van der Waals surface area contributed by atoms with Crippen LogP contribution >= 0.6 is 0 Å². The molecule has 0 heterocycles. The Morgan fingerprint density at radius 1 is 1.29 bits per heavy atom. The van der Waals surface area contributed by atoms with Crippen LogP contribution in [-0.4, -0.2) is 27.7 Å². The Balaban J connectivity index is 1.74. The van der Waals surface area contributed by atoms with Crippen molar-refractivity contribution in [2.24, 2.45) is 35.0 Å². The van der Waals surface area contributed by atoms with Crippen LogP contribution in [0.2, 0.25) is 0 Å². The standard InChI is InChI=1S/C21H28O3/c1-4-21(24)10-8-17-18-12(2)19(23)16-11-13(22)5-6-14(16)15(18)7-9-20(17,21)3/h1,11-12,14-15,17-19,23-24H,5-10H2,2-3H3/t12-,14?,15+,17-,18+,19+,20-,21-/m0/s1. The van der Waals surface area contributed by atoms with Crippen molar-refractivity contribution in [2.75, 3.05) is 0 Å². The fourth-order valence-corrected chi connectivity index (χ4v) is 6.81. The molecule has 2 N–H and O–H groups in total. The van der Waals surface area contributed by atoms with E-state index in [1.54, 1.807) is 6.08 Å². The summed E-state index contributed by atoms with van der Waals surface area (Å²) in [7, 11) is 0. The van der Waals surface area contributed by atoms with E-state index in [0.717, 1.165) is 31.3 Å². The molecule has 1 unspecified atom stereocenters. The van der Waals surface area contributed by atoms with E-state index in [9.17, 15) is 15.0 Å². The highest BCUT2D eigenvalue weighted by molar-refractivity contribution is 5.91. The Labute approximate surface area is 144 Å². The van der Waals surface area contributed by atoms with E-state index in [-0.39, 0.29) is 17.1 Å². The zero-order valence-electron chi connectivity index (χ0n) is 14.7. The van der Waals surface area contributed by atoms with Gasteiger partial charge in [0.15, 0.2) is 5.78 Å². The average molecular weight is 328 g/mol. The van der Waals surface area contributed by atoms with Crippen molar-refractivity contribution in [1.82, 2.24) is 0 Å². The molecule has 3 nitrogen and oxygen atoms in total. The number of aliphatic hydroxyl groups excluding tert-OH is 1. The summed E-state index contributed by atoms with van der Waals surface area (Å²) in [5.41, 5.74) is -0.275. The normalized spacial score (nSPS) is 53.5. The first kappa shape index (κ1) is 16.4. The van der Waals surface area contributed by atoms with Gasteiger partial charge in [-0.1, -0.05) is 19.8 Å². The molecule has 0 radical (unpaired) electrons. The fourth-order valence-electron chi connectivity index (χ4n) is 6.81. The summed E-state index contributed by atoms with van der Waals surface area (Å²) in [5.74, 6) is 4.58. The molecule has 4 aliphatic carbocycles. The number of aliphatic hydroxyl groups is 2. The van der Waals surface area contributed by atoms with Gasteiger partial charge in [-0.05, 0) is 73.3 Å². The minimum atomic E-state index is -1.01. The number of fused-ring (bicyclic) bond motifs is 5. The molecule has 0 aromatic carbocycles. The van der Waals surface area contributed by atoms with Crippen LogP contribution < -0.4 is 0 Å². The summed E-state index contributed by atoms with van der Waals surface area (Å²) in [6.45, 7) is 4.28. The molecule has 0 aliphatic heterocycles. The molecule has 130 valence electrons. The highest BCUT2D eigenvalue weighted by atomic mass is 16.3. The van der Waals surface area contributed by atoms with Gasteiger partial charge in [0.05, 0.1) is 6.10 Å². The molecule has 0 amide bonds. The van der Waals surface area contributed by atoms with Crippen molar-refractivity contribution in [3.8, 4) is 12.3 Å². The minimum Gasteiger partial charge on any atom is -0.388 e. The fraction of sp³-hybridized carbons (Fsp3) is 0.762. The Morgan fingerprint density at radius 2 is 2.04 bits per heavy atom. The first-order valence-electron chi connectivity index (χ1n) is 9.45. The summed E-state index contributed by atoms with van der Waals surface area (Å²) >= 11 is 0. The van der Waals surface area contributed by atoms with Crippen molar-refractivity contribution >= 4 is 5.78 Å². The highest BCUT2D eigenvalue weighted by Gasteiger charge is 2.64. The maximum atomic E-state index is 11.8. The Morgan fingerprint density at radius 3 is 2.75 bits per heavy atom. The molecule has 8 atom stereocenters. The number of carbonyl (C=O) groups excluding carboxylic acids is 1. The quantitative estimate of drug-likeness (QED) is 0.672. The predicted molar refractivity (Wildman–Crippen MR) is 91.8 cm³/mol. The van der Waals surface area contributed by atoms with Crippen LogP contribution in [0.3, 0.4) is 0 Å². The molecule has 3 saturated carbocycles. The third kappa shape index (κ3) is 1.90. The van der Waals surface area contributed by atoms with Crippen molar-refractivity contribution in [3.63, 3.8) is 0 Å². The second-order valence-corrected chi connectivity index (χ2v) is 8.91. The van der Waals surface area contributed by atoms with Crippen LogP contribution in [0.5, 0.6) is 0 Å². The van der Waals surface area contributed by atoms with Gasteiger partial charge in [0.2, 0.25) is 0 Å². The van der Waals surface area contributed by atoms with Gasteiger partial charge in [-0.2, -0.15) is 0 Å². The molecule has 0 aromatic rings. The Kier molecular flexibility index (Phi) is 3.54. The summed E-state index contributed by atoms with van der Waals surface area (Å²) in [4.78, 5) is 11.8. The SMILES string of the molecule is C#C[C@]1(O)CC[C@H]2[C@@H]3[C@H](C)[C@@H](O)C4=CC(=O)CCC4[C@H]3CC[C@@]21C. The number of hydrogen-bond acceptors (Lipinski definition) is 3. The lowest BCUT2D eigenvalue weighted by Gasteiger charge is -2.57. The Bertz CT molecular complexity index is 644. The lowest BCUT2D eigenvalue weighted by Crippen LogP contribution is -2.56. The van der Waals surface area contributed by atoms with Gasteiger partial charge in [0.1, 0.15) is 5.60 Å². The van der Waals surface area contributed by atoms with E-state index >= 15 is 0 Å². The topological polar surface area (TPSA) is 57.5 Å². The van der Waals surface area contributed by atoms with Crippen LogP contribution in [-0.2, 0) is 4.79 Å².